The van der Waals surface area contributed by atoms with Crippen LogP contribution in [0.4, 0.5) is 0 Å². The van der Waals surface area contributed by atoms with E-state index in [0.717, 1.165) is 5.69 Å². The van der Waals surface area contributed by atoms with Crippen molar-refractivity contribution in [3.8, 4) is 0 Å². The first kappa shape index (κ1) is 18.0. The van der Waals surface area contributed by atoms with Crippen molar-refractivity contribution >= 4 is 0 Å². The zero-order valence-corrected chi connectivity index (χ0v) is 10.1. The van der Waals surface area contributed by atoms with Crippen molar-refractivity contribution in [2.24, 2.45) is 0 Å². The average Bonchev–Trinajstić information content (AvgIpc) is 2.28. The first-order valence-corrected chi connectivity index (χ1v) is 5.12. The van der Waals surface area contributed by atoms with Crippen molar-refractivity contribution in [1.82, 2.24) is 9.97 Å². The Morgan fingerprint density at radius 2 is 1.31 bits per heavy atom. The van der Waals surface area contributed by atoms with Gasteiger partial charge in [-0.1, -0.05) is 41.5 Å². The van der Waals surface area contributed by atoms with Crippen molar-refractivity contribution in [2.75, 3.05) is 0 Å². The molecule has 2 nitrogen and oxygen atoms in total. The zero-order valence-electron chi connectivity index (χ0n) is 10.1. The quantitative estimate of drug-likeness (QED) is 0.612. The van der Waals surface area contributed by atoms with Gasteiger partial charge in [0, 0.05) is 18.6 Å². The molecule has 0 fully saturated rings. The lowest BCUT2D eigenvalue weighted by Crippen LogP contribution is -1.77. The highest BCUT2D eigenvalue weighted by atomic mass is 14.7. The summed E-state index contributed by atoms with van der Waals surface area (Å²) in [6, 6.07) is 0. The van der Waals surface area contributed by atoms with E-state index >= 15 is 0 Å². The van der Waals surface area contributed by atoms with Gasteiger partial charge >= 0.3 is 0 Å². The molecular formula is C11H24N2. The van der Waals surface area contributed by atoms with Gasteiger partial charge in [-0.15, -0.1) is 0 Å². The molecule has 1 aromatic heterocycles. The molecule has 0 atom stereocenters. The van der Waals surface area contributed by atoms with E-state index in [2.05, 4.69) is 9.97 Å². The Balaban J connectivity index is -0.000000144. The molecule has 0 radical (unpaired) electrons. The molecule has 0 bridgehead atoms. The minimum absolute atomic E-state index is 0.961. The topological polar surface area (TPSA) is 25.8 Å². The van der Waals surface area contributed by atoms with E-state index in [0.29, 0.717) is 0 Å². The summed E-state index contributed by atoms with van der Waals surface area (Å²) in [6.07, 6.45) is 5.06. The Morgan fingerprint density at radius 1 is 0.846 bits per heavy atom. The van der Waals surface area contributed by atoms with E-state index in [1.54, 1.807) is 18.6 Å². The van der Waals surface area contributed by atoms with Gasteiger partial charge in [-0.05, 0) is 6.92 Å². The van der Waals surface area contributed by atoms with E-state index < -0.39 is 0 Å². The van der Waals surface area contributed by atoms with Gasteiger partial charge in [0.25, 0.3) is 0 Å². The molecule has 0 saturated carbocycles. The highest BCUT2D eigenvalue weighted by Crippen LogP contribution is 1.81. The van der Waals surface area contributed by atoms with Crippen LogP contribution < -0.4 is 0 Å². The highest BCUT2D eigenvalue weighted by Gasteiger charge is 1.74. The van der Waals surface area contributed by atoms with Gasteiger partial charge in [0.15, 0.2) is 0 Å². The molecule has 1 aromatic rings. The Kier molecular flexibility index (Phi) is 31.1. The van der Waals surface area contributed by atoms with Crippen LogP contribution in [0.3, 0.4) is 0 Å². The SMILES string of the molecule is CC.CC.CC.Cc1cnccn1. The normalized spacial score (nSPS) is 6.08. The molecule has 13 heavy (non-hydrogen) atoms. The maximum atomic E-state index is 3.92. The average molecular weight is 184 g/mol. The van der Waals surface area contributed by atoms with Gasteiger partial charge in [-0.3, -0.25) is 9.97 Å². The second kappa shape index (κ2) is 22.5. The molecule has 0 aliphatic heterocycles. The Labute approximate surface area is 83.4 Å². The summed E-state index contributed by atoms with van der Waals surface area (Å²) in [5.74, 6) is 0. The number of aromatic nitrogens is 2. The second-order valence-electron chi connectivity index (χ2n) is 1.35. The van der Waals surface area contributed by atoms with E-state index in [-0.39, 0.29) is 0 Å². The fourth-order valence-electron chi connectivity index (χ4n) is 0.374. The zero-order chi connectivity index (χ0) is 11.1. The molecule has 0 amide bonds. The van der Waals surface area contributed by atoms with Crippen LogP contribution in [-0.4, -0.2) is 9.97 Å². The molecule has 0 unspecified atom stereocenters. The van der Waals surface area contributed by atoms with Gasteiger partial charge in [0.1, 0.15) is 0 Å². The van der Waals surface area contributed by atoms with Gasteiger partial charge < -0.3 is 0 Å². The molecule has 0 spiro atoms. The molecule has 0 aromatic carbocycles. The molecule has 1 rings (SSSR count). The van der Waals surface area contributed by atoms with Crippen LogP contribution in [0.2, 0.25) is 0 Å². The fourth-order valence-corrected chi connectivity index (χ4v) is 0.374. The first-order chi connectivity index (χ1) is 6.39. The molecule has 0 N–H and O–H groups in total. The summed E-state index contributed by atoms with van der Waals surface area (Å²) >= 11 is 0. The van der Waals surface area contributed by atoms with Gasteiger partial charge in [-0.2, -0.15) is 0 Å². The van der Waals surface area contributed by atoms with Crippen LogP contribution in [0.25, 0.3) is 0 Å². The lowest BCUT2D eigenvalue weighted by atomic mass is 10.5. The van der Waals surface area contributed by atoms with Gasteiger partial charge in [0.2, 0.25) is 0 Å². The van der Waals surface area contributed by atoms with Crippen molar-refractivity contribution in [3.63, 3.8) is 0 Å². The molecule has 2 heteroatoms. The predicted octanol–water partition coefficient (Wildman–Crippen LogP) is 3.86. The second-order valence-corrected chi connectivity index (χ2v) is 1.35. The van der Waals surface area contributed by atoms with E-state index in [1.165, 1.54) is 0 Å². The molecule has 0 saturated heterocycles. The van der Waals surface area contributed by atoms with Crippen molar-refractivity contribution in [2.45, 2.75) is 48.5 Å². The maximum Gasteiger partial charge on any atom is 0.0555 e. The van der Waals surface area contributed by atoms with Crippen molar-refractivity contribution in [3.05, 3.63) is 24.3 Å². The van der Waals surface area contributed by atoms with Crippen LogP contribution in [0.1, 0.15) is 47.2 Å². The lowest BCUT2D eigenvalue weighted by Gasteiger charge is -1.81. The van der Waals surface area contributed by atoms with Crippen molar-refractivity contribution in [1.29, 1.82) is 0 Å². The minimum atomic E-state index is 0.961. The third kappa shape index (κ3) is 18.2. The van der Waals surface area contributed by atoms with Crippen LogP contribution in [0.15, 0.2) is 18.6 Å². The number of aryl methyl sites for hydroxylation is 1. The Bertz CT molecular complexity index is 138. The smallest absolute Gasteiger partial charge is 0.0555 e. The Hall–Kier alpha value is -0.920. The minimum Gasteiger partial charge on any atom is -0.261 e. The van der Waals surface area contributed by atoms with Crippen LogP contribution in [-0.2, 0) is 0 Å². The first-order valence-electron chi connectivity index (χ1n) is 5.12. The summed E-state index contributed by atoms with van der Waals surface area (Å²) in [5, 5.41) is 0. The standard InChI is InChI=1S/C5H6N2.3C2H6/c1-5-4-6-2-3-7-5;3*1-2/h2-4H,1H3;3*1-2H3. The van der Waals surface area contributed by atoms with Crippen LogP contribution >= 0.6 is 0 Å². The van der Waals surface area contributed by atoms with Crippen LogP contribution in [0, 0.1) is 6.92 Å². The van der Waals surface area contributed by atoms with E-state index in [9.17, 15) is 0 Å². The van der Waals surface area contributed by atoms with Crippen molar-refractivity contribution < 1.29 is 0 Å². The molecule has 0 aliphatic rings. The summed E-state index contributed by atoms with van der Waals surface area (Å²) in [5.41, 5.74) is 0.961. The number of hydrogen-bond acceptors (Lipinski definition) is 2. The van der Waals surface area contributed by atoms with E-state index in [4.69, 9.17) is 0 Å². The van der Waals surface area contributed by atoms with Gasteiger partial charge in [-0.25, -0.2) is 0 Å². The Morgan fingerprint density at radius 3 is 1.46 bits per heavy atom. The fraction of sp³-hybridized carbons (Fsp3) is 0.636. The van der Waals surface area contributed by atoms with Gasteiger partial charge in [0.05, 0.1) is 5.69 Å². The third-order valence-electron chi connectivity index (χ3n) is 0.692. The largest absolute Gasteiger partial charge is 0.261 e. The lowest BCUT2D eigenvalue weighted by molar-refractivity contribution is 1.12. The number of rotatable bonds is 0. The highest BCUT2D eigenvalue weighted by molar-refractivity contribution is 4.88. The summed E-state index contributed by atoms with van der Waals surface area (Å²) < 4.78 is 0. The summed E-state index contributed by atoms with van der Waals surface area (Å²) in [4.78, 5) is 7.74. The van der Waals surface area contributed by atoms with E-state index in [1.807, 2.05) is 48.5 Å². The molecular weight excluding hydrogens is 160 g/mol. The van der Waals surface area contributed by atoms with Crippen LogP contribution in [0.5, 0.6) is 0 Å². The molecule has 1 heterocycles. The predicted molar refractivity (Wildman–Crippen MR) is 60.8 cm³/mol. The summed E-state index contributed by atoms with van der Waals surface area (Å²) in [7, 11) is 0. The summed E-state index contributed by atoms with van der Waals surface area (Å²) in [6.45, 7) is 13.9. The monoisotopic (exact) mass is 184 g/mol. The molecule has 78 valence electrons. The molecule has 0 aliphatic carbocycles. The number of nitrogens with zero attached hydrogens (tertiary/aromatic N) is 2. The number of hydrogen-bond donors (Lipinski definition) is 0. The third-order valence-corrected chi connectivity index (χ3v) is 0.692. The maximum absolute atomic E-state index is 3.92.